The molecular formula is C91H123N8O22-3. The van der Waals surface area contributed by atoms with Gasteiger partial charge in [-0.05, 0) is 179 Å². The van der Waals surface area contributed by atoms with Gasteiger partial charge < -0.3 is 85.4 Å². The number of amides is 5. The average Bonchev–Trinajstić information content (AvgIpc) is 1.61. The predicted octanol–water partition coefficient (Wildman–Crippen LogP) is 8.40. The van der Waals surface area contributed by atoms with Crippen molar-refractivity contribution in [1.82, 2.24) is 42.6 Å². The zero-order chi connectivity index (χ0) is 87.3. The highest BCUT2D eigenvalue weighted by Gasteiger charge is 2.59. The minimum Gasteiger partial charge on any atom is -0.872 e. The van der Waals surface area contributed by atoms with Gasteiger partial charge in [0.05, 0.1) is 50.7 Å². The highest BCUT2D eigenvalue weighted by atomic mass is 16.6. The zero-order valence-electron chi connectivity index (χ0n) is 70.9. The first-order chi connectivity index (χ1) is 57.9. The van der Waals surface area contributed by atoms with E-state index in [9.17, 15) is 82.8 Å². The van der Waals surface area contributed by atoms with Gasteiger partial charge in [-0.25, -0.2) is 9.59 Å². The molecule has 0 aromatic heterocycles. The summed E-state index contributed by atoms with van der Waals surface area (Å²) in [6, 6.07) is 9.72. The van der Waals surface area contributed by atoms with Crippen molar-refractivity contribution in [3.63, 3.8) is 0 Å². The lowest BCUT2D eigenvalue weighted by Crippen LogP contribution is -2.51. The summed E-state index contributed by atoms with van der Waals surface area (Å²) in [6.07, 6.45) is 13.6. The van der Waals surface area contributed by atoms with E-state index in [4.69, 9.17) is 23.4 Å². The van der Waals surface area contributed by atoms with E-state index in [1.54, 1.807) is 11.2 Å². The van der Waals surface area contributed by atoms with Crippen LogP contribution >= 0.6 is 0 Å². The number of carbonyl (C=O) groups is 12. The SMILES string of the molecule is CC(=O)CCOCCOCCOCCCC(=O)[C@H](CC1=CN(CCCCCC(=O)NCCCC(=O)c2ccc(-c3c4ccc(=O)cc-4oc4cc([O-])ccc34)c(C(=O)O)c2)NN1)NC(=O)[C@H](CCC(=O)[O-])CC(=O)[C@H](CCC(=O)[O-])NC(=O)CCNC(=O)CCNC(=O)O[C@H]1CCC2C(=CC[C@H]3C2CC(C)C2(C)C(C(C)CCCC(C)C)CCC32)C1. The molecule has 12 atom stereocenters. The number of nitrogens with one attached hydrogen (secondary N) is 7. The standard InChI is InChI=1S/C91H126N8O22/c1-55(2)13-10-14-56(3)73-29-30-74-67-24-18-59-48-65(23-28-66(59)71(67)47-57(4)91(73,74)6)120-90(116)94-39-34-83(107)93-38-35-84(108)95-75(31-33-86(111)112)79(105)50-61(20-32-85(109)110)88(113)96-76(78(104)16-12-41-117-43-45-119-46-44-118-42-36-58(5)100)51-62-54-99(98-97-62)40-9-7-8-17-82(106)92-37-11-15-77(103)60-19-25-68(72(49-60)89(114)115)87-69-26-21-63(101)52-80(69)121-81-53-64(102)22-27-70(81)87/h18-19,21-22,25-27,49,52-57,61,65-67,71,73-76,97-98,101H,7-17,20,23-24,28-48,50-51H2,1-6H3,(H,92,106)(H,93,107)(H,94,116)(H,95,108)(H,96,113)(H,109,110)(H,111,112)(H,114,115)/p-3/t56?,57?,61-,65+,66?,67+,71?,73?,74?,75+,76+,91?/m1/s1. The number of ether oxygens (including phenoxy) is 4. The lowest BCUT2D eigenvalue weighted by molar-refractivity contribution is -0.307. The number of rotatable bonds is 53. The smallest absolute Gasteiger partial charge is 0.407 e. The van der Waals surface area contributed by atoms with Crippen LogP contribution in [0.3, 0.4) is 0 Å². The van der Waals surface area contributed by atoms with Crippen LogP contribution in [0, 0.1) is 58.7 Å². The molecule has 7 unspecified atom stereocenters. The van der Waals surface area contributed by atoms with Gasteiger partial charge in [0.15, 0.2) is 22.8 Å². The molecule has 662 valence electrons. The van der Waals surface area contributed by atoms with E-state index in [1.807, 2.05) is 0 Å². The molecule has 2 aliphatic heterocycles. The Kier molecular flexibility index (Phi) is 36.8. The van der Waals surface area contributed by atoms with Gasteiger partial charge in [-0.1, -0.05) is 96.2 Å². The number of carboxylic acid groups (broad SMARTS) is 3. The molecule has 121 heavy (non-hydrogen) atoms. The molecule has 8 N–H and O–H groups in total. The Bertz CT molecular complexity index is 4370. The molecule has 2 aromatic carbocycles. The Morgan fingerprint density at radius 3 is 2.12 bits per heavy atom. The Hall–Kier alpha value is -9.91. The van der Waals surface area contributed by atoms with Crippen LogP contribution in [-0.2, 0) is 62.1 Å². The van der Waals surface area contributed by atoms with E-state index in [0.717, 1.165) is 42.9 Å². The summed E-state index contributed by atoms with van der Waals surface area (Å²) in [4.78, 5) is 168. The predicted molar refractivity (Wildman–Crippen MR) is 443 cm³/mol. The van der Waals surface area contributed by atoms with Gasteiger partial charge in [0.2, 0.25) is 23.6 Å². The fraction of sp³-hybridized carbons (Fsp3) is 0.615. The van der Waals surface area contributed by atoms with Gasteiger partial charge in [-0.2, -0.15) is 0 Å². The van der Waals surface area contributed by atoms with E-state index in [0.29, 0.717) is 89.9 Å². The maximum atomic E-state index is 14.4. The molecule has 0 bridgehead atoms. The largest absolute Gasteiger partial charge is 0.872 e. The van der Waals surface area contributed by atoms with Gasteiger partial charge in [0, 0.05) is 148 Å². The molecule has 5 amide bonds. The van der Waals surface area contributed by atoms with Gasteiger partial charge in [-0.3, -0.25) is 48.2 Å². The summed E-state index contributed by atoms with van der Waals surface area (Å²) >= 11 is 0. The Morgan fingerprint density at radius 2 is 1.37 bits per heavy atom. The van der Waals surface area contributed by atoms with Gasteiger partial charge in [0.1, 0.15) is 23.2 Å². The van der Waals surface area contributed by atoms with Crippen molar-refractivity contribution in [3.05, 3.63) is 99.5 Å². The second-order valence-electron chi connectivity index (χ2n) is 34.2. The molecule has 30 heteroatoms. The number of hydrazine groups is 2. The van der Waals surface area contributed by atoms with Crippen LogP contribution in [0.15, 0.2) is 87.4 Å². The van der Waals surface area contributed by atoms with Crippen molar-refractivity contribution < 1.29 is 101 Å². The van der Waals surface area contributed by atoms with Crippen molar-refractivity contribution in [2.45, 2.75) is 233 Å². The molecule has 9 rings (SSSR count). The van der Waals surface area contributed by atoms with Crippen molar-refractivity contribution in [2.24, 2.45) is 58.7 Å². The Morgan fingerprint density at radius 1 is 0.661 bits per heavy atom. The van der Waals surface area contributed by atoms with Crippen LogP contribution in [0.1, 0.15) is 236 Å². The minimum absolute atomic E-state index is 0.00336. The molecule has 0 radical (unpaired) electrons. The van der Waals surface area contributed by atoms with E-state index in [2.05, 4.69) is 78.2 Å². The normalized spacial score (nSPS) is 20.8. The minimum atomic E-state index is -1.54. The molecule has 5 aliphatic carbocycles. The number of carboxylic acids is 3. The summed E-state index contributed by atoms with van der Waals surface area (Å²) in [5.74, 6) is -4.52. The molecule has 2 heterocycles. The molecule has 0 spiro atoms. The van der Waals surface area contributed by atoms with Crippen LogP contribution < -0.4 is 58.3 Å². The molecule has 3 saturated carbocycles. The van der Waals surface area contributed by atoms with Gasteiger partial charge in [0.25, 0.3) is 0 Å². The zero-order valence-corrected chi connectivity index (χ0v) is 70.9. The first-order valence-electron chi connectivity index (χ1n) is 43.5. The second kappa shape index (κ2) is 46.9. The molecular weight excluding hydrogens is 1560 g/mol. The van der Waals surface area contributed by atoms with Crippen molar-refractivity contribution >= 4 is 81.7 Å². The molecule has 30 nitrogen and oxygen atoms in total. The quantitative estimate of drug-likeness (QED) is 0.00889. The third-order valence-corrected chi connectivity index (χ3v) is 25.2. The van der Waals surface area contributed by atoms with Crippen molar-refractivity contribution in [1.29, 1.82) is 0 Å². The van der Waals surface area contributed by atoms with Crippen molar-refractivity contribution in [3.8, 4) is 28.2 Å². The highest BCUT2D eigenvalue weighted by Crippen LogP contribution is 2.67. The number of benzene rings is 3. The summed E-state index contributed by atoms with van der Waals surface area (Å²) in [5.41, 5.74) is 9.07. The number of alkyl carbamates (subject to hydrolysis) is 1. The third kappa shape index (κ3) is 28.3. The number of allylic oxidation sites excluding steroid dienone is 1. The first-order valence-corrected chi connectivity index (χ1v) is 43.5. The van der Waals surface area contributed by atoms with E-state index < -0.39 is 103 Å². The first kappa shape index (κ1) is 94.9. The topological polar surface area (TPSA) is 449 Å². The number of nitrogens with zero attached hydrogens (tertiary/aromatic N) is 1. The fourth-order valence-corrected chi connectivity index (χ4v) is 18.8. The number of unbranched alkanes of at least 4 members (excludes halogenated alkanes) is 2. The molecule has 0 saturated heterocycles. The summed E-state index contributed by atoms with van der Waals surface area (Å²) in [7, 11) is 0. The summed E-state index contributed by atoms with van der Waals surface area (Å²) in [6.45, 7) is 15.5. The van der Waals surface area contributed by atoms with E-state index >= 15 is 0 Å². The van der Waals surface area contributed by atoms with Crippen LogP contribution in [0.5, 0.6) is 5.75 Å². The molecule has 7 aliphatic rings. The highest BCUT2D eigenvalue weighted by molar-refractivity contribution is 6.09. The number of hydrogen-bond donors (Lipinski definition) is 8. The molecule has 2 aromatic rings. The maximum absolute atomic E-state index is 14.4. The summed E-state index contributed by atoms with van der Waals surface area (Å²) in [5, 5.41) is 61.8. The Labute approximate surface area is 707 Å². The summed E-state index contributed by atoms with van der Waals surface area (Å²) < 4.78 is 28.4. The van der Waals surface area contributed by atoms with Crippen LogP contribution in [-0.4, -0.2) is 165 Å². The van der Waals surface area contributed by atoms with Gasteiger partial charge >= 0.3 is 12.1 Å². The van der Waals surface area contributed by atoms with Gasteiger partial charge in [-0.15, -0.1) is 11.3 Å². The third-order valence-electron chi connectivity index (χ3n) is 25.2. The number of aliphatic carboxylic acids is 2. The number of ketones is 4. The number of Topliss-reactive ketones (excluding diaryl/α,β-unsaturated/α-hetero) is 4. The number of fused-ring (bicyclic) bond motifs is 7. The van der Waals surface area contributed by atoms with E-state index in [1.165, 1.54) is 106 Å². The second-order valence-corrected chi connectivity index (χ2v) is 34.2. The van der Waals surface area contributed by atoms with Crippen LogP contribution in [0.25, 0.3) is 33.4 Å². The fourth-order valence-electron chi connectivity index (χ4n) is 18.8. The molecule has 3 fully saturated rings. The van der Waals surface area contributed by atoms with Crippen LogP contribution in [0.2, 0.25) is 0 Å². The maximum Gasteiger partial charge on any atom is 0.407 e. The van der Waals surface area contributed by atoms with Crippen molar-refractivity contribution in [2.75, 3.05) is 65.8 Å². The average molecular weight is 1680 g/mol. The lowest BCUT2D eigenvalue weighted by Gasteiger charge is -2.57. The monoisotopic (exact) mass is 1680 g/mol. The number of hydrogen-bond acceptors (Lipinski definition) is 24. The Balaban J connectivity index is 0.710. The van der Waals surface area contributed by atoms with E-state index in [-0.39, 0.29) is 173 Å². The van der Waals surface area contributed by atoms with Crippen LogP contribution in [0.4, 0.5) is 4.79 Å². The number of carbonyl (C=O) groups excluding carboxylic acids is 11. The number of aromatic carboxylic acids is 1. The lowest BCUT2D eigenvalue weighted by atomic mass is 9.48.